The van der Waals surface area contributed by atoms with Crippen LogP contribution >= 0.6 is 0 Å². The maximum absolute atomic E-state index is 10.9. The molecule has 0 aliphatic rings. The SMILES string of the molecule is CC(=O)c1ccnc(CS(C)(=O)=O)n1. The minimum atomic E-state index is -3.16. The summed E-state index contributed by atoms with van der Waals surface area (Å²) in [5.41, 5.74) is 0.235. The average Bonchev–Trinajstić information content (AvgIpc) is 2.01. The third-order valence-corrected chi connectivity index (χ3v) is 2.24. The molecule has 0 atom stereocenters. The van der Waals surface area contributed by atoms with Crippen LogP contribution in [0, 0.1) is 0 Å². The summed E-state index contributed by atoms with van der Waals surface area (Å²) in [5.74, 6) is -0.295. The van der Waals surface area contributed by atoms with Crippen molar-refractivity contribution >= 4 is 15.6 Å². The van der Waals surface area contributed by atoms with Gasteiger partial charge in [-0.25, -0.2) is 18.4 Å². The van der Waals surface area contributed by atoms with Gasteiger partial charge >= 0.3 is 0 Å². The van der Waals surface area contributed by atoms with Gasteiger partial charge in [0.1, 0.15) is 17.3 Å². The molecule has 0 N–H and O–H groups in total. The minimum Gasteiger partial charge on any atom is -0.293 e. The number of sulfone groups is 1. The first-order valence-electron chi connectivity index (χ1n) is 3.89. The molecule has 0 bridgehead atoms. The zero-order chi connectivity index (χ0) is 10.8. The van der Waals surface area contributed by atoms with Gasteiger partial charge in [-0.05, 0) is 6.07 Å². The molecule has 6 heteroatoms. The molecule has 0 saturated heterocycles. The lowest BCUT2D eigenvalue weighted by Gasteiger charge is -1.99. The fraction of sp³-hybridized carbons (Fsp3) is 0.375. The van der Waals surface area contributed by atoms with Crippen LogP contribution in [0.25, 0.3) is 0 Å². The molecule has 1 rings (SSSR count). The number of carbonyl (C=O) groups is 1. The molecular formula is C8H10N2O3S. The van der Waals surface area contributed by atoms with Crippen LogP contribution in [0.15, 0.2) is 12.3 Å². The largest absolute Gasteiger partial charge is 0.293 e. The molecule has 0 radical (unpaired) electrons. The van der Waals surface area contributed by atoms with E-state index in [0.29, 0.717) is 0 Å². The Morgan fingerprint density at radius 1 is 1.50 bits per heavy atom. The van der Waals surface area contributed by atoms with E-state index in [0.717, 1.165) is 6.26 Å². The van der Waals surface area contributed by atoms with Gasteiger partial charge in [-0.1, -0.05) is 0 Å². The Bertz CT molecular complexity index is 453. The Morgan fingerprint density at radius 2 is 2.14 bits per heavy atom. The van der Waals surface area contributed by atoms with Crippen LogP contribution < -0.4 is 0 Å². The number of ketones is 1. The highest BCUT2D eigenvalue weighted by Crippen LogP contribution is 2.00. The quantitative estimate of drug-likeness (QED) is 0.673. The summed E-state index contributed by atoms with van der Waals surface area (Å²) in [4.78, 5) is 18.5. The lowest BCUT2D eigenvalue weighted by atomic mass is 10.3. The van der Waals surface area contributed by atoms with Crippen LogP contribution in [0.5, 0.6) is 0 Å². The van der Waals surface area contributed by atoms with Crippen molar-refractivity contribution in [3.63, 3.8) is 0 Å². The van der Waals surface area contributed by atoms with Crippen LogP contribution in [0.4, 0.5) is 0 Å². The summed E-state index contributed by atoms with van der Waals surface area (Å²) in [5, 5.41) is 0. The Hall–Kier alpha value is -1.30. The lowest BCUT2D eigenvalue weighted by molar-refractivity contribution is 0.101. The van der Waals surface area contributed by atoms with Crippen molar-refractivity contribution in [1.82, 2.24) is 9.97 Å². The van der Waals surface area contributed by atoms with Gasteiger partial charge in [-0.3, -0.25) is 4.79 Å². The summed E-state index contributed by atoms with van der Waals surface area (Å²) in [7, 11) is -3.16. The van der Waals surface area contributed by atoms with E-state index in [1.54, 1.807) is 0 Å². The molecule has 1 heterocycles. The first kappa shape index (κ1) is 10.8. The van der Waals surface area contributed by atoms with Crippen LogP contribution in [0.3, 0.4) is 0 Å². The fourth-order valence-corrected chi connectivity index (χ4v) is 1.51. The highest BCUT2D eigenvalue weighted by atomic mass is 32.2. The van der Waals surface area contributed by atoms with Gasteiger partial charge in [0.2, 0.25) is 0 Å². The summed E-state index contributed by atoms with van der Waals surface area (Å²) in [6.45, 7) is 1.37. The van der Waals surface area contributed by atoms with Crippen molar-refractivity contribution in [3.05, 3.63) is 23.8 Å². The zero-order valence-corrected chi connectivity index (χ0v) is 8.71. The first-order valence-corrected chi connectivity index (χ1v) is 5.95. The van der Waals surface area contributed by atoms with E-state index in [-0.39, 0.29) is 23.1 Å². The van der Waals surface area contributed by atoms with Gasteiger partial charge in [0.05, 0.1) is 0 Å². The van der Waals surface area contributed by atoms with Crippen LogP contribution in [-0.4, -0.2) is 30.4 Å². The molecule has 5 nitrogen and oxygen atoms in total. The van der Waals surface area contributed by atoms with E-state index in [1.165, 1.54) is 19.2 Å². The highest BCUT2D eigenvalue weighted by Gasteiger charge is 2.09. The smallest absolute Gasteiger partial charge is 0.178 e. The molecule has 76 valence electrons. The van der Waals surface area contributed by atoms with E-state index in [2.05, 4.69) is 9.97 Å². The topological polar surface area (TPSA) is 77.0 Å². The van der Waals surface area contributed by atoms with E-state index >= 15 is 0 Å². The Kier molecular flexibility index (Phi) is 2.95. The van der Waals surface area contributed by atoms with Gasteiger partial charge in [-0.15, -0.1) is 0 Å². The van der Waals surface area contributed by atoms with Gasteiger partial charge in [0, 0.05) is 19.4 Å². The number of aromatic nitrogens is 2. The maximum atomic E-state index is 10.9. The number of hydrogen-bond donors (Lipinski definition) is 0. The molecule has 1 aromatic heterocycles. The maximum Gasteiger partial charge on any atom is 0.178 e. The molecule has 14 heavy (non-hydrogen) atoms. The third kappa shape index (κ3) is 3.21. The Labute approximate surface area is 82.1 Å². The second kappa shape index (κ2) is 3.83. The summed E-state index contributed by atoms with van der Waals surface area (Å²) in [6, 6.07) is 1.45. The van der Waals surface area contributed by atoms with Crippen molar-refractivity contribution < 1.29 is 13.2 Å². The monoisotopic (exact) mass is 214 g/mol. The second-order valence-electron chi connectivity index (χ2n) is 2.98. The predicted molar refractivity (Wildman–Crippen MR) is 50.6 cm³/mol. The molecule has 0 aromatic carbocycles. The van der Waals surface area contributed by atoms with E-state index in [1.807, 2.05) is 0 Å². The molecule has 0 fully saturated rings. The van der Waals surface area contributed by atoms with E-state index in [4.69, 9.17) is 0 Å². The Morgan fingerprint density at radius 3 is 2.64 bits per heavy atom. The molecule has 0 saturated carbocycles. The van der Waals surface area contributed by atoms with Crippen molar-refractivity contribution in [2.24, 2.45) is 0 Å². The van der Waals surface area contributed by atoms with Crippen molar-refractivity contribution in [3.8, 4) is 0 Å². The van der Waals surface area contributed by atoms with Crippen molar-refractivity contribution in [1.29, 1.82) is 0 Å². The molecule has 1 aromatic rings. The van der Waals surface area contributed by atoms with Gasteiger partial charge in [0.15, 0.2) is 15.6 Å². The Balaban J connectivity index is 3.01. The van der Waals surface area contributed by atoms with Gasteiger partial charge in [0.25, 0.3) is 0 Å². The average molecular weight is 214 g/mol. The second-order valence-corrected chi connectivity index (χ2v) is 5.12. The highest BCUT2D eigenvalue weighted by molar-refractivity contribution is 7.89. The molecular weight excluding hydrogens is 204 g/mol. The zero-order valence-electron chi connectivity index (χ0n) is 7.89. The van der Waals surface area contributed by atoms with Crippen LogP contribution in [0.2, 0.25) is 0 Å². The number of Topliss-reactive ketones (excluding diaryl/α,β-unsaturated/α-hetero) is 1. The molecule has 0 amide bonds. The number of rotatable bonds is 3. The van der Waals surface area contributed by atoms with Crippen molar-refractivity contribution in [2.75, 3.05) is 6.26 Å². The fourth-order valence-electron chi connectivity index (χ4n) is 0.899. The molecule has 0 unspecified atom stereocenters. The van der Waals surface area contributed by atoms with Crippen molar-refractivity contribution in [2.45, 2.75) is 12.7 Å². The van der Waals surface area contributed by atoms with E-state index in [9.17, 15) is 13.2 Å². The minimum absolute atomic E-state index is 0.153. The summed E-state index contributed by atoms with van der Waals surface area (Å²) >= 11 is 0. The first-order chi connectivity index (χ1) is 6.38. The predicted octanol–water partition coefficient (Wildman–Crippen LogP) is 0.224. The number of carbonyl (C=O) groups excluding carboxylic acids is 1. The number of hydrogen-bond acceptors (Lipinski definition) is 5. The van der Waals surface area contributed by atoms with Crippen LogP contribution in [-0.2, 0) is 15.6 Å². The molecule has 0 aliphatic heterocycles. The summed E-state index contributed by atoms with van der Waals surface area (Å²) in [6.07, 6.45) is 2.47. The molecule has 0 aliphatic carbocycles. The van der Waals surface area contributed by atoms with Gasteiger partial charge < -0.3 is 0 Å². The van der Waals surface area contributed by atoms with E-state index < -0.39 is 9.84 Å². The lowest BCUT2D eigenvalue weighted by Crippen LogP contribution is -2.08. The summed E-state index contributed by atoms with van der Waals surface area (Å²) < 4.78 is 21.8. The third-order valence-electron chi connectivity index (χ3n) is 1.46. The molecule has 0 spiro atoms. The standard InChI is InChI=1S/C8H10N2O3S/c1-6(11)7-3-4-9-8(10-7)5-14(2,12)13/h3-4H,5H2,1-2H3. The normalized spacial score (nSPS) is 11.3. The number of nitrogens with zero attached hydrogens (tertiary/aromatic N) is 2. The van der Waals surface area contributed by atoms with Gasteiger partial charge in [-0.2, -0.15) is 0 Å². The van der Waals surface area contributed by atoms with Crippen LogP contribution in [0.1, 0.15) is 23.2 Å².